The molecule has 1 nitrogen and oxygen atoms in total. The van der Waals surface area contributed by atoms with E-state index in [1.807, 2.05) is 12.1 Å². The maximum atomic E-state index is 5.89. The molecule has 0 unspecified atom stereocenters. The van der Waals surface area contributed by atoms with Crippen LogP contribution in [0.25, 0.3) is 0 Å². The Morgan fingerprint density at radius 3 is 2.21 bits per heavy atom. The highest BCUT2D eigenvalue weighted by Crippen LogP contribution is 2.39. The first-order valence-corrected chi connectivity index (χ1v) is 5.70. The van der Waals surface area contributed by atoms with Crippen molar-refractivity contribution in [3.05, 3.63) is 34.9 Å². The zero-order chi connectivity index (χ0) is 10.0. The molecule has 1 saturated carbocycles. The lowest BCUT2D eigenvalue weighted by Gasteiger charge is -2.25. The van der Waals surface area contributed by atoms with Crippen LogP contribution in [-0.2, 0) is 5.41 Å². The Kier molecular flexibility index (Phi) is 2.80. The minimum Gasteiger partial charge on any atom is -0.357 e. The van der Waals surface area contributed by atoms with Crippen LogP contribution < -0.4 is 5.73 Å². The van der Waals surface area contributed by atoms with Gasteiger partial charge in [0.2, 0.25) is 0 Å². The number of rotatable bonds is 2. The van der Waals surface area contributed by atoms with Crippen LogP contribution in [0.4, 0.5) is 0 Å². The van der Waals surface area contributed by atoms with Gasteiger partial charge in [0.1, 0.15) is 0 Å². The van der Waals surface area contributed by atoms with E-state index in [4.69, 9.17) is 11.6 Å². The minimum absolute atomic E-state index is 0.352. The van der Waals surface area contributed by atoms with Gasteiger partial charge in [0.05, 0.1) is 6.54 Å². The highest BCUT2D eigenvalue weighted by atomic mass is 35.5. The molecule has 76 valence electrons. The summed E-state index contributed by atoms with van der Waals surface area (Å²) >= 11 is 5.89. The Balaban J connectivity index is 2.31. The molecule has 0 aliphatic heterocycles. The van der Waals surface area contributed by atoms with E-state index < -0.39 is 0 Å². The van der Waals surface area contributed by atoms with Crippen LogP contribution in [0.1, 0.15) is 31.2 Å². The third-order valence-electron chi connectivity index (χ3n) is 3.50. The van der Waals surface area contributed by atoms with Crippen molar-refractivity contribution in [2.24, 2.45) is 0 Å². The fraction of sp³-hybridized carbons (Fsp3) is 0.500. The van der Waals surface area contributed by atoms with Crippen molar-refractivity contribution in [1.29, 1.82) is 0 Å². The second-order valence-corrected chi connectivity index (χ2v) is 4.68. The van der Waals surface area contributed by atoms with Crippen molar-refractivity contribution in [3.63, 3.8) is 0 Å². The van der Waals surface area contributed by atoms with Gasteiger partial charge in [0, 0.05) is 10.4 Å². The molecule has 0 bridgehead atoms. The molecule has 0 aromatic heterocycles. The average molecular weight is 211 g/mol. The Bertz CT molecular complexity index is 299. The predicted octanol–water partition coefficient (Wildman–Crippen LogP) is 2.39. The van der Waals surface area contributed by atoms with Crippen LogP contribution in [0.2, 0.25) is 5.02 Å². The zero-order valence-corrected chi connectivity index (χ0v) is 9.19. The monoisotopic (exact) mass is 210 g/mol. The van der Waals surface area contributed by atoms with E-state index in [0.29, 0.717) is 5.41 Å². The fourth-order valence-electron chi connectivity index (χ4n) is 2.54. The van der Waals surface area contributed by atoms with Gasteiger partial charge in [0.15, 0.2) is 0 Å². The maximum Gasteiger partial charge on any atom is 0.0838 e. The molecule has 1 aromatic rings. The molecule has 1 fully saturated rings. The van der Waals surface area contributed by atoms with E-state index in [2.05, 4.69) is 17.9 Å². The summed E-state index contributed by atoms with van der Waals surface area (Å²) in [5.74, 6) is 0. The second-order valence-electron chi connectivity index (χ2n) is 4.24. The average Bonchev–Trinajstić information content (AvgIpc) is 2.68. The largest absolute Gasteiger partial charge is 0.357 e. The van der Waals surface area contributed by atoms with Gasteiger partial charge in [-0.3, -0.25) is 0 Å². The Labute approximate surface area is 90.3 Å². The van der Waals surface area contributed by atoms with Crippen molar-refractivity contribution < 1.29 is 5.73 Å². The Morgan fingerprint density at radius 1 is 1.14 bits per heavy atom. The van der Waals surface area contributed by atoms with Crippen molar-refractivity contribution >= 4 is 11.6 Å². The lowest BCUT2D eigenvalue weighted by Crippen LogP contribution is -2.59. The zero-order valence-electron chi connectivity index (χ0n) is 8.43. The standard InChI is InChI=1S/C12H16ClN/c13-11-5-3-10(4-6-11)12(9-14)7-1-2-8-12/h3-6H,1-2,7-9,14H2/p+1. The van der Waals surface area contributed by atoms with Gasteiger partial charge in [-0.05, 0) is 30.5 Å². The molecule has 1 aromatic carbocycles. The lowest BCUT2D eigenvalue weighted by molar-refractivity contribution is -0.382. The van der Waals surface area contributed by atoms with Crippen LogP contribution in [0.3, 0.4) is 0 Å². The molecule has 1 aliphatic carbocycles. The summed E-state index contributed by atoms with van der Waals surface area (Å²) < 4.78 is 0. The lowest BCUT2D eigenvalue weighted by atomic mass is 9.79. The van der Waals surface area contributed by atoms with Gasteiger partial charge in [-0.25, -0.2) is 0 Å². The van der Waals surface area contributed by atoms with E-state index in [1.165, 1.54) is 31.2 Å². The first-order valence-electron chi connectivity index (χ1n) is 5.32. The van der Waals surface area contributed by atoms with Gasteiger partial charge in [-0.1, -0.05) is 36.6 Å². The first-order chi connectivity index (χ1) is 6.77. The summed E-state index contributed by atoms with van der Waals surface area (Å²) in [6, 6.07) is 8.32. The molecule has 0 atom stereocenters. The first kappa shape index (κ1) is 10.0. The van der Waals surface area contributed by atoms with Crippen LogP contribution in [0, 0.1) is 0 Å². The smallest absolute Gasteiger partial charge is 0.0838 e. The van der Waals surface area contributed by atoms with Crippen molar-refractivity contribution in [3.8, 4) is 0 Å². The third-order valence-corrected chi connectivity index (χ3v) is 3.75. The summed E-state index contributed by atoms with van der Waals surface area (Å²) in [4.78, 5) is 0. The molecule has 0 saturated heterocycles. The number of hydrogen-bond donors (Lipinski definition) is 1. The fourth-order valence-corrected chi connectivity index (χ4v) is 2.66. The van der Waals surface area contributed by atoms with Crippen LogP contribution in [0.5, 0.6) is 0 Å². The molecule has 2 rings (SSSR count). The molecular weight excluding hydrogens is 194 g/mol. The second kappa shape index (κ2) is 3.92. The minimum atomic E-state index is 0.352. The number of benzene rings is 1. The number of halogens is 1. The summed E-state index contributed by atoms with van der Waals surface area (Å²) in [6.45, 7) is 1.01. The molecule has 2 heteroatoms. The van der Waals surface area contributed by atoms with Crippen molar-refractivity contribution in [1.82, 2.24) is 0 Å². The van der Waals surface area contributed by atoms with Gasteiger partial charge >= 0.3 is 0 Å². The summed E-state index contributed by atoms with van der Waals surface area (Å²) in [6.07, 6.45) is 5.27. The Hall–Kier alpha value is -0.530. The third kappa shape index (κ3) is 1.67. The maximum absolute atomic E-state index is 5.89. The molecule has 0 radical (unpaired) electrons. The number of hydrogen-bond acceptors (Lipinski definition) is 0. The Morgan fingerprint density at radius 2 is 1.71 bits per heavy atom. The summed E-state index contributed by atoms with van der Waals surface area (Å²) in [5, 5.41) is 0.825. The summed E-state index contributed by atoms with van der Waals surface area (Å²) in [5.41, 5.74) is 5.88. The molecule has 0 spiro atoms. The van der Waals surface area contributed by atoms with E-state index in [9.17, 15) is 0 Å². The van der Waals surface area contributed by atoms with Crippen LogP contribution in [0.15, 0.2) is 24.3 Å². The number of quaternary nitrogens is 1. The van der Waals surface area contributed by atoms with Crippen LogP contribution in [-0.4, -0.2) is 6.54 Å². The predicted molar refractivity (Wildman–Crippen MR) is 59.4 cm³/mol. The molecule has 3 N–H and O–H groups in total. The highest BCUT2D eigenvalue weighted by molar-refractivity contribution is 6.30. The van der Waals surface area contributed by atoms with Gasteiger partial charge < -0.3 is 5.73 Å². The molecule has 0 amide bonds. The SMILES string of the molecule is [NH3+]CC1(c2ccc(Cl)cc2)CCCC1. The molecule has 0 heterocycles. The molecule has 1 aliphatic rings. The van der Waals surface area contributed by atoms with Gasteiger partial charge in [-0.2, -0.15) is 0 Å². The molecular formula is C12H17ClN+. The molecule has 14 heavy (non-hydrogen) atoms. The highest BCUT2D eigenvalue weighted by Gasteiger charge is 2.35. The van der Waals surface area contributed by atoms with Crippen molar-refractivity contribution in [2.45, 2.75) is 31.1 Å². The van der Waals surface area contributed by atoms with E-state index >= 15 is 0 Å². The van der Waals surface area contributed by atoms with E-state index in [-0.39, 0.29) is 0 Å². The van der Waals surface area contributed by atoms with Gasteiger partial charge in [-0.15, -0.1) is 0 Å². The van der Waals surface area contributed by atoms with E-state index in [0.717, 1.165) is 11.6 Å². The normalized spacial score (nSPS) is 19.9. The van der Waals surface area contributed by atoms with Crippen molar-refractivity contribution in [2.75, 3.05) is 6.54 Å². The summed E-state index contributed by atoms with van der Waals surface area (Å²) in [7, 11) is 0. The topological polar surface area (TPSA) is 27.6 Å². The van der Waals surface area contributed by atoms with Crippen LogP contribution >= 0.6 is 11.6 Å². The van der Waals surface area contributed by atoms with Gasteiger partial charge in [0.25, 0.3) is 0 Å². The quantitative estimate of drug-likeness (QED) is 0.777. The van der Waals surface area contributed by atoms with E-state index in [1.54, 1.807) is 0 Å².